The molecule has 0 aromatic rings. The van der Waals surface area contributed by atoms with Crippen LogP contribution in [0.3, 0.4) is 0 Å². The van der Waals surface area contributed by atoms with Crippen LogP contribution in [0.5, 0.6) is 0 Å². The van der Waals surface area contributed by atoms with Gasteiger partial charge in [-0.15, -0.1) is 0 Å². The Bertz CT molecular complexity index is 280. The number of rotatable bonds is 7. The molecule has 0 rings (SSSR count). The lowest BCUT2D eigenvalue weighted by atomic mass is 10.0. The molecule has 0 fully saturated rings. The van der Waals surface area contributed by atoms with Crippen LogP contribution in [-0.4, -0.2) is 67.2 Å². The molecule has 0 spiro atoms. The van der Waals surface area contributed by atoms with Crippen LogP contribution in [-0.2, 0) is 4.79 Å². The van der Waals surface area contributed by atoms with Gasteiger partial charge in [-0.05, 0) is 26.4 Å². The minimum absolute atomic E-state index is 0.221. The molecule has 0 aromatic heterocycles. The topological polar surface area (TPSA) is 72.9 Å². The Labute approximate surface area is 109 Å². The van der Waals surface area contributed by atoms with Gasteiger partial charge in [-0.3, -0.25) is 0 Å². The molecular formula is C12H25N3O3. The third kappa shape index (κ3) is 7.11. The molecule has 0 saturated heterocycles. The first kappa shape index (κ1) is 16.7. The van der Waals surface area contributed by atoms with E-state index in [1.165, 1.54) is 4.90 Å². The summed E-state index contributed by atoms with van der Waals surface area (Å²) >= 11 is 0. The van der Waals surface area contributed by atoms with E-state index < -0.39 is 12.0 Å². The zero-order valence-corrected chi connectivity index (χ0v) is 11.9. The predicted octanol–water partition coefficient (Wildman–Crippen LogP) is 0.689. The highest BCUT2D eigenvalue weighted by Gasteiger charge is 2.22. The SMILES string of the molecule is CC(C)CC(NC(=O)N(C)CCN(C)C)C(=O)O. The van der Waals surface area contributed by atoms with Crippen LogP contribution < -0.4 is 5.32 Å². The zero-order chi connectivity index (χ0) is 14.3. The summed E-state index contributed by atoms with van der Waals surface area (Å²) in [6, 6.07) is -1.16. The Kier molecular flexibility index (Phi) is 7.35. The van der Waals surface area contributed by atoms with Gasteiger partial charge in [0, 0.05) is 20.1 Å². The molecule has 2 N–H and O–H groups in total. The van der Waals surface area contributed by atoms with Crippen molar-refractivity contribution in [1.29, 1.82) is 0 Å². The summed E-state index contributed by atoms with van der Waals surface area (Å²) in [5.74, 6) is -0.767. The van der Waals surface area contributed by atoms with Crippen molar-refractivity contribution in [3.63, 3.8) is 0 Å². The van der Waals surface area contributed by atoms with E-state index in [0.717, 1.165) is 6.54 Å². The summed E-state index contributed by atoms with van der Waals surface area (Å²) in [5.41, 5.74) is 0. The Hall–Kier alpha value is -1.30. The van der Waals surface area contributed by atoms with Crippen molar-refractivity contribution < 1.29 is 14.7 Å². The number of carboxylic acids is 1. The molecule has 0 aliphatic heterocycles. The maximum atomic E-state index is 11.8. The number of nitrogens with zero attached hydrogens (tertiary/aromatic N) is 2. The van der Waals surface area contributed by atoms with Crippen LogP contribution in [0, 0.1) is 5.92 Å². The Morgan fingerprint density at radius 2 is 1.72 bits per heavy atom. The molecule has 18 heavy (non-hydrogen) atoms. The number of hydrogen-bond donors (Lipinski definition) is 2. The van der Waals surface area contributed by atoms with Gasteiger partial charge in [0.05, 0.1) is 0 Å². The standard InChI is InChI=1S/C12H25N3O3/c1-9(2)8-10(11(16)17)13-12(18)15(5)7-6-14(3)4/h9-10H,6-8H2,1-5H3,(H,13,18)(H,16,17). The van der Waals surface area contributed by atoms with Crippen LogP contribution in [0.2, 0.25) is 0 Å². The van der Waals surface area contributed by atoms with Crippen LogP contribution in [0.4, 0.5) is 4.79 Å². The molecule has 0 saturated carbocycles. The van der Waals surface area contributed by atoms with Gasteiger partial charge in [-0.1, -0.05) is 13.8 Å². The molecule has 1 atom stereocenters. The molecule has 106 valence electrons. The van der Waals surface area contributed by atoms with Gasteiger partial charge in [0.25, 0.3) is 0 Å². The molecular weight excluding hydrogens is 234 g/mol. The average molecular weight is 259 g/mol. The number of aliphatic carboxylic acids is 1. The summed E-state index contributed by atoms with van der Waals surface area (Å²) in [4.78, 5) is 26.3. The first-order valence-corrected chi connectivity index (χ1v) is 6.13. The fourth-order valence-corrected chi connectivity index (χ4v) is 1.40. The van der Waals surface area contributed by atoms with E-state index in [-0.39, 0.29) is 11.9 Å². The van der Waals surface area contributed by atoms with E-state index in [2.05, 4.69) is 5.32 Å². The third-order valence-electron chi connectivity index (χ3n) is 2.53. The fraction of sp³-hybridized carbons (Fsp3) is 0.833. The number of likely N-dealkylation sites (N-methyl/N-ethyl adjacent to an activating group) is 2. The molecule has 0 aliphatic carbocycles. The number of nitrogens with one attached hydrogen (secondary N) is 1. The lowest BCUT2D eigenvalue weighted by molar-refractivity contribution is -0.139. The van der Waals surface area contributed by atoms with Crippen molar-refractivity contribution in [2.75, 3.05) is 34.2 Å². The molecule has 0 aliphatic rings. The van der Waals surface area contributed by atoms with E-state index in [0.29, 0.717) is 13.0 Å². The summed E-state index contributed by atoms with van der Waals surface area (Å²) in [7, 11) is 5.50. The molecule has 6 heteroatoms. The van der Waals surface area contributed by atoms with E-state index >= 15 is 0 Å². The van der Waals surface area contributed by atoms with E-state index in [1.807, 2.05) is 32.8 Å². The number of carboxylic acid groups (broad SMARTS) is 1. The lowest BCUT2D eigenvalue weighted by Gasteiger charge is -2.23. The van der Waals surface area contributed by atoms with Gasteiger partial charge < -0.3 is 20.2 Å². The van der Waals surface area contributed by atoms with Crippen molar-refractivity contribution in [3.8, 4) is 0 Å². The molecule has 0 aromatic carbocycles. The summed E-state index contributed by atoms with van der Waals surface area (Å²) < 4.78 is 0. The van der Waals surface area contributed by atoms with Gasteiger partial charge >= 0.3 is 12.0 Å². The maximum absolute atomic E-state index is 11.8. The summed E-state index contributed by atoms with van der Waals surface area (Å²) in [6.45, 7) is 5.16. The molecule has 2 amide bonds. The number of carbonyl (C=O) groups excluding carboxylic acids is 1. The molecule has 0 heterocycles. The largest absolute Gasteiger partial charge is 0.480 e. The Balaban J connectivity index is 4.27. The smallest absolute Gasteiger partial charge is 0.326 e. The average Bonchev–Trinajstić information content (AvgIpc) is 2.23. The minimum Gasteiger partial charge on any atom is -0.480 e. The Morgan fingerprint density at radius 3 is 2.11 bits per heavy atom. The van der Waals surface area contributed by atoms with Gasteiger partial charge in [0.2, 0.25) is 0 Å². The van der Waals surface area contributed by atoms with Crippen LogP contribution in [0.1, 0.15) is 20.3 Å². The van der Waals surface area contributed by atoms with Crippen molar-refractivity contribution in [2.24, 2.45) is 5.92 Å². The predicted molar refractivity (Wildman–Crippen MR) is 70.6 cm³/mol. The first-order chi connectivity index (χ1) is 8.23. The zero-order valence-electron chi connectivity index (χ0n) is 11.9. The number of amides is 2. The van der Waals surface area contributed by atoms with Crippen LogP contribution in [0.15, 0.2) is 0 Å². The normalized spacial score (nSPS) is 12.6. The van der Waals surface area contributed by atoms with Gasteiger partial charge in [0.15, 0.2) is 0 Å². The third-order valence-corrected chi connectivity index (χ3v) is 2.53. The van der Waals surface area contributed by atoms with Crippen molar-refractivity contribution >= 4 is 12.0 Å². The van der Waals surface area contributed by atoms with E-state index in [4.69, 9.17) is 5.11 Å². The fourth-order valence-electron chi connectivity index (χ4n) is 1.40. The Morgan fingerprint density at radius 1 is 1.17 bits per heavy atom. The van der Waals surface area contributed by atoms with E-state index in [9.17, 15) is 9.59 Å². The monoisotopic (exact) mass is 259 g/mol. The maximum Gasteiger partial charge on any atom is 0.326 e. The van der Waals surface area contributed by atoms with Gasteiger partial charge in [-0.25, -0.2) is 9.59 Å². The summed E-state index contributed by atoms with van der Waals surface area (Å²) in [5, 5.41) is 11.6. The summed E-state index contributed by atoms with van der Waals surface area (Å²) in [6.07, 6.45) is 0.433. The minimum atomic E-state index is -0.988. The van der Waals surface area contributed by atoms with Crippen LogP contribution >= 0.6 is 0 Å². The van der Waals surface area contributed by atoms with E-state index in [1.54, 1.807) is 7.05 Å². The lowest BCUT2D eigenvalue weighted by Crippen LogP contribution is -2.48. The molecule has 0 bridgehead atoms. The quantitative estimate of drug-likeness (QED) is 0.705. The van der Waals surface area contributed by atoms with Crippen LogP contribution in [0.25, 0.3) is 0 Å². The molecule has 0 radical (unpaired) electrons. The highest BCUT2D eigenvalue weighted by molar-refractivity contribution is 5.82. The highest BCUT2D eigenvalue weighted by atomic mass is 16.4. The second kappa shape index (κ2) is 7.92. The molecule has 1 unspecified atom stereocenters. The van der Waals surface area contributed by atoms with Crippen molar-refractivity contribution in [2.45, 2.75) is 26.3 Å². The van der Waals surface area contributed by atoms with Crippen molar-refractivity contribution in [1.82, 2.24) is 15.1 Å². The number of hydrogen-bond acceptors (Lipinski definition) is 3. The highest BCUT2D eigenvalue weighted by Crippen LogP contribution is 2.05. The number of carbonyl (C=O) groups is 2. The van der Waals surface area contributed by atoms with Gasteiger partial charge in [0.1, 0.15) is 6.04 Å². The second-order valence-corrected chi connectivity index (χ2v) is 5.19. The van der Waals surface area contributed by atoms with Crippen molar-refractivity contribution in [3.05, 3.63) is 0 Å². The first-order valence-electron chi connectivity index (χ1n) is 6.13. The second-order valence-electron chi connectivity index (χ2n) is 5.19. The molecule has 6 nitrogen and oxygen atoms in total. The van der Waals surface area contributed by atoms with Gasteiger partial charge in [-0.2, -0.15) is 0 Å². The number of urea groups is 1.